The molecule has 1 amide bonds. The molecule has 1 saturated carbocycles. The third kappa shape index (κ3) is 2.63. The van der Waals surface area contributed by atoms with E-state index in [2.05, 4.69) is 22.3 Å². The third-order valence-electron chi connectivity index (χ3n) is 4.37. The maximum absolute atomic E-state index is 12.5. The molecule has 7 heteroatoms. The van der Waals surface area contributed by atoms with Crippen molar-refractivity contribution in [1.82, 2.24) is 19.9 Å². The molecule has 0 aliphatic heterocycles. The van der Waals surface area contributed by atoms with Gasteiger partial charge in [0, 0.05) is 12.2 Å². The second-order valence-corrected chi connectivity index (χ2v) is 6.47. The zero-order chi connectivity index (χ0) is 15.9. The van der Waals surface area contributed by atoms with Gasteiger partial charge >= 0.3 is 0 Å². The van der Waals surface area contributed by atoms with E-state index < -0.39 is 5.56 Å². The fourth-order valence-electron chi connectivity index (χ4n) is 2.94. The number of halogens is 1. The largest absolute Gasteiger partial charge is 0.349 e. The van der Waals surface area contributed by atoms with Crippen LogP contribution in [0.3, 0.4) is 0 Å². The van der Waals surface area contributed by atoms with E-state index in [0.717, 1.165) is 31.6 Å². The predicted molar refractivity (Wildman–Crippen MR) is 84.4 cm³/mol. The van der Waals surface area contributed by atoms with E-state index >= 15 is 0 Å². The number of nitrogens with one attached hydrogen (secondary N) is 2. The third-order valence-corrected chi connectivity index (χ3v) is 4.80. The first kappa shape index (κ1) is 15.1. The number of amides is 1. The number of nitrogens with zero attached hydrogens (tertiary/aromatic N) is 2. The number of rotatable bonds is 2. The summed E-state index contributed by atoms with van der Waals surface area (Å²) in [6.07, 6.45) is 5.75. The van der Waals surface area contributed by atoms with Gasteiger partial charge in [0.15, 0.2) is 5.65 Å². The van der Waals surface area contributed by atoms with E-state index in [9.17, 15) is 9.59 Å². The number of carbonyl (C=O) groups is 1. The lowest BCUT2D eigenvalue weighted by atomic mass is 9.87. The highest BCUT2D eigenvalue weighted by atomic mass is 35.5. The fourth-order valence-corrected chi connectivity index (χ4v) is 3.06. The van der Waals surface area contributed by atoms with E-state index in [-0.39, 0.29) is 17.0 Å². The number of H-pyrrole nitrogens is 1. The van der Waals surface area contributed by atoms with Crippen LogP contribution in [0.5, 0.6) is 0 Å². The van der Waals surface area contributed by atoms with Crippen molar-refractivity contribution in [2.75, 3.05) is 0 Å². The molecule has 2 aromatic rings. The van der Waals surface area contributed by atoms with Crippen LogP contribution in [0.1, 0.15) is 48.7 Å². The minimum absolute atomic E-state index is 0.0626. The van der Waals surface area contributed by atoms with Gasteiger partial charge in [0.25, 0.3) is 11.5 Å². The Bertz CT molecular complexity index is 772. The number of aryl methyl sites for hydroxylation is 1. The van der Waals surface area contributed by atoms with Crippen molar-refractivity contribution in [3.05, 3.63) is 32.8 Å². The first-order valence-electron chi connectivity index (χ1n) is 7.54. The van der Waals surface area contributed by atoms with Gasteiger partial charge in [-0.05, 0) is 38.5 Å². The van der Waals surface area contributed by atoms with Crippen molar-refractivity contribution in [2.45, 2.75) is 45.6 Å². The van der Waals surface area contributed by atoms with Gasteiger partial charge in [0.2, 0.25) is 0 Å². The van der Waals surface area contributed by atoms with Crippen LogP contribution in [0, 0.1) is 12.8 Å². The van der Waals surface area contributed by atoms with Gasteiger partial charge < -0.3 is 5.32 Å². The smallest absolute Gasteiger partial charge is 0.291 e. The van der Waals surface area contributed by atoms with Crippen molar-refractivity contribution < 1.29 is 4.79 Å². The Morgan fingerprint density at radius 3 is 2.77 bits per heavy atom. The van der Waals surface area contributed by atoms with Crippen LogP contribution in [0.4, 0.5) is 0 Å². The van der Waals surface area contributed by atoms with E-state index in [1.165, 1.54) is 10.7 Å². The number of aromatic nitrogens is 3. The molecule has 0 unspecified atom stereocenters. The SMILES string of the molecule is Cc1nc2c(C(=O)NC3CCC(C)CC3)c[nH]n2c(=O)c1Cl. The zero-order valence-corrected chi connectivity index (χ0v) is 13.4. The Morgan fingerprint density at radius 2 is 2.09 bits per heavy atom. The molecular formula is C15H19ClN4O2. The number of fused-ring (bicyclic) bond motifs is 1. The summed E-state index contributed by atoms with van der Waals surface area (Å²) in [6, 6.07) is 0.193. The molecule has 0 saturated heterocycles. The number of carbonyl (C=O) groups excluding carboxylic acids is 1. The van der Waals surface area contributed by atoms with Crippen molar-refractivity contribution in [1.29, 1.82) is 0 Å². The minimum Gasteiger partial charge on any atom is -0.349 e. The van der Waals surface area contributed by atoms with Crippen LogP contribution in [0.15, 0.2) is 11.0 Å². The normalized spacial score (nSPS) is 22.0. The minimum atomic E-state index is -0.394. The van der Waals surface area contributed by atoms with E-state index in [0.29, 0.717) is 16.9 Å². The molecule has 2 N–H and O–H groups in total. The standard InChI is InChI=1S/C15H19ClN4O2/c1-8-3-5-10(6-4-8)19-14(21)11-7-17-20-13(11)18-9(2)12(16)15(20)22/h7-8,10,17H,3-6H2,1-2H3,(H,19,21). The summed E-state index contributed by atoms with van der Waals surface area (Å²) < 4.78 is 1.20. The molecule has 0 atom stereocenters. The molecule has 2 heterocycles. The Morgan fingerprint density at radius 1 is 1.41 bits per heavy atom. The Hall–Kier alpha value is -1.82. The Kier molecular flexibility index (Phi) is 3.95. The molecule has 1 aliphatic carbocycles. The molecule has 0 bridgehead atoms. The summed E-state index contributed by atoms with van der Waals surface area (Å²) in [5.74, 6) is 0.526. The summed E-state index contributed by atoms with van der Waals surface area (Å²) in [4.78, 5) is 28.8. The second kappa shape index (κ2) is 5.76. The highest BCUT2D eigenvalue weighted by Gasteiger charge is 2.23. The van der Waals surface area contributed by atoms with Crippen LogP contribution >= 0.6 is 11.6 Å². The van der Waals surface area contributed by atoms with Gasteiger partial charge in [0.05, 0.1) is 5.69 Å². The average Bonchev–Trinajstić information content (AvgIpc) is 2.91. The topological polar surface area (TPSA) is 79.3 Å². The molecule has 1 fully saturated rings. The number of aromatic amines is 1. The number of hydrogen-bond donors (Lipinski definition) is 2. The first-order chi connectivity index (χ1) is 10.5. The van der Waals surface area contributed by atoms with Crippen molar-refractivity contribution in [3.63, 3.8) is 0 Å². The summed E-state index contributed by atoms with van der Waals surface area (Å²) in [5.41, 5.74) is 0.714. The maximum atomic E-state index is 12.5. The van der Waals surface area contributed by atoms with Gasteiger partial charge in [-0.3, -0.25) is 14.7 Å². The zero-order valence-electron chi connectivity index (χ0n) is 12.6. The highest BCUT2D eigenvalue weighted by molar-refractivity contribution is 6.31. The van der Waals surface area contributed by atoms with Gasteiger partial charge in [-0.15, -0.1) is 0 Å². The molecule has 1 aliphatic rings. The molecule has 0 spiro atoms. The molecule has 0 aromatic carbocycles. The second-order valence-electron chi connectivity index (χ2n) is 6.09. The van der Waals surface area contributed by atoms with Gasteiger partial charge in [-0.25, -0.2) is 4.98 Å². The lowest BCUT2D eigenvalue weighted by Gasteiger charge is -2.26. The molecule has 118 valence electrons. The van der Waals surface area contributed by atoms with Crippen molar-refractivity contribution in [3.8, 4) is 0 Å². The van der Waals surface area contributed by atoms with Crippen LogP contribution < -0.4 is 10.9 Å². The van der Waals surface area contributed by atoms with Crippen LogP contribution in [-0.4, -0.2) is 26.5 Å². The van der Waals surface area contributed by atoms with Crippen LogP contribution in [0.25, 0.3) is 5.65 Å². The predicted octanol–water partition coefficient (Wildman–Crippen LogP) is 2.29. The Labute approximate surface area is 132 Å². The first-order valence-corrected chi connectivity index (χ1v) is 7.92. The van der Waals surface area contributed by atoms with E-state index in [4.69, 9.17) is 11.6 Å². The quantitative estimate of drug-likeness (QED) is 0.890. The van der Waals surface area contributed by atoms with Crippen molar-refractivity contribution >= 4 is 23.2 Å². The van der Waals surface area contributed by atoms with Crippen molar-refractivity contribution in [2.24, 2.45) is 5.92 Å². The van der Waals surface area contributed by atoms with Gasteiger partial charge in [-0.1, -0.05) is 18.5 Å². The van der Waals surface area contributed by atoms with Gasteiger partial charge in [0.1, 0.15) is 10.6 Å². The summed E-state index contributed by atoms with van der Waals surface area (Å²) in [7, 11) is 0. The lowest BCUT2D eigenvalue weighted by molar-refractivity contribution is 0.0924. The maximum Gasteiger partial charge on any atom is 0.291 e. The molecule has 6 nitrogen and oxygen atoms in total. The molecule has 22 heavy (non-hydrogen) atoms. The van der Waals surface area contributed by atoms with Crippen LogP contribution in [0.2, 0.25) is 5.02 Å². The summed E-state index contributed by atoms with van der Waals surface area (Å²) in [5, 5.41) is 5.85. The van der Waals surface area contributed by atoms with E-state index in [1.54, 1.807) is 6.92 Å². The lowest BCUT2D eigenvalue weighted by Crippen LogP contribution is -2.37. The summed E-state index contributed by atoms with van der Waals surface area (Å²) in [6.45, 7) is 3.89. The monoisotopic (exact) mass is 322 g/mol. The molecule has 2 aromatic heterocycles. The van der Waals surface area contributed by atoms with Crippen LogP contribution in [-0.2, 0) is 0 Å². The summed E-state index contributed by atoms with van der Waals surface area (Å²) >= 11 is 5.90. The molecule has 0 radical (unpaired) electrons. The molecule has 3 rings (SSSR count). The fraction of sp³-hybridized carbons (Fsp3) is 0.533. The average molecular weight is 323 g/mol. The number of hydrogen-bond acceptors (Lipinski definition) is 3. The van der Waals surface area contributed by atoms with Gasteiger partial charge in [-0.2, -0.15) is 4.52 Å². The highest BCUT2D eigenvalue weighted by Crippen LogP contribution is 2.23. The molecular weight excluding hydrogens is 304 g/mol. The van der Waals surface area contributed by atoms with E-state index in [1.807, 2.05) is 0 Å². The Balaban J connectivity index is 1.87.